The first kappa shape index (κ1) is 16.3. The van der Waals surface area contributed by atoms with Crippen LogP contribution in [0.1, 0.15) is 44.2 Å². The average Bonchev–Trinajstić information content (AvgIpc) is 2.53. The predicted octanol–water partition coefficient (Wildman–Crippen LogP) is 3.62. The summed E-state index contributed by atoms with van der Waals surface area (Å²) in [5.41, 5.74) is 6.85. The van der Waals surface area contributed by atoms with Gasteiger partial charge in [-0.3, -0.25) is 4.79 Å². The summed E-state index contributed by atoms with van der Waals surface area (Å²) in [5.74, 6) is 0.600. The van der Waals surface area contributed by atoms with Gasteiger partial charge in [-0.15, -0.1) is 0 Å². The molecular weight excluding hydrogens is 284 g/mol. The highest BCUT2D eigenvalue weighted by Crippen LogP contribution is 2.33. The standard InChI is InChI=1S/C17H25ClN2O/c1-12(14-8-5-6-10-16(14)18)20(2)17(21)15-9-4-3-7-13(15)11-19/h5-6,8,10,12-13,15H,3-4,7,9,11,19H2,1-2H3. The molecule has 0 radical (unpaired) electrons. The molecule has 116 valence electrons. The van der Waals surface area contributed by atoms with Crippen molar-refractivity contribution in [1.82, 2.24) is 4.90 Å². The molecule has 0 bridgehead atoms. The van der Waals surface area contributed by atoms with Crippen molar-refractivity contribution in [3.05, 3.63) is 34.9 Å². The molecule has 3 unspecified atom stereocenters. The molecule has 2 rings (SSSR count). The Hall–Kier alpha value is -1.06. The quantitative estimate of drug-likeness (QED) is 0.923. The Bertz CT molecular complexity index is 491. The van der Waals surface area contributed by atoms with Crippen molar-refractivity contribution in [3.8, 4) is 0 Å². The van der Waals surface area contributed by atoms with Crippen LogP contribution in [0, 0.1) is 11.8 Å². The zero-order chi connectivity index (χ0) is 15.4. The zero-order valence-electron chi connectivity index (χ0n) is 12.9. The molecule has 1 amide bonds. The molecule has 0 aliphatic heterocycles. The Labute approximate surface area is 132 Å². The molecule has 21 heavy (non-hydrogen) atoms. The van der Waals surface area contributed by atoms with Crippen LogP contribution in [0.5, 0.6) is 0 Å². The minimum absolute atomic E-state index is 0.0217. The Morgan fingerprint density at radius 3 is 2.71 bits per heavy atom. The number of nitrogens with zero attached hydrogens (tertiary/aromatic N) is 1. The summed E-state index contributed by atoms with van der Waals surface area (Å²) in [5, 5.41) is 0.712. The van der Waals surface area contributed by atoms with Gasteiger partial charge in [-0.1, -0.05) is 42.6 Å². The second kappa shape index (κ2) is 7.28. The fraction of sp³-hybridized carbons (Fsp3) is 0.588. The van der Waals surface area contributed by atoms with Gasteiger partial charge in [0.1, 0.15) is 0 Å². The maximum absolute atomic E-state index is 12.8. The zero-order valence-corrected chi connectivity index (χ0v) is 13.6. The minimum Gasteiger partial charge on any atom is -0.339 e. The van der Waals surface area contributed by atoms with Gasteiger partial charge < -0.3 is 10.6 Å². The summed E-state index contributed by atoms with van der Waals surface area (Å²) < 4.78 is 0. The SMILES string of the molecule is CC(c1ccccc1Cl)N(C)C(=O)C1CCCCC1CN. The third kappa shape index (κ3) is 3.58. The summed E-state index contributed by atoms with van der Waals surface area (Å²) in [6.45, 7) is 2.63. The number of hydrogen-bond donors (Lipinski definition) is 1. The second-order valence-electron chi connectivity index (χ2n) is 6.03. The maximum Gasteiger partial charge on any atom is 0.226 e. The molecule has 1 fully saturated rings. The molecule has 3 nitrogen and oxygen atoms in total. The Morgan fingerprint density at radius 1 is 1.38 bits per heavy atom. The number of carbonyl (C=O) groups is 1. The summed E-state index contributed by atoms with van der Waals surface area (Å²) in [6, 6.07) is 7.70. The molecule has 0 saturated heterocycles. The largest absolute Gasteiger partial charge is 0.339 e. The van der Waals surface area contributed by atoms with Crippen LogP contribution in [0.2, 0.25) is 5.02 Å². The lowest BCUT2D eigenvalue weighted by Crippen LogP contribution is -2.41. The third-order valence-corrected chi connectivity index (χ3v) is 5.16. The number of carbonyl (C=O) groups excluding carboxylic acids is 1. The fourth-order valence-corrected chi connectivity index (χ4v) is 3.58. The average molecular weight is 309 g/mol. The number of benzene rings is 1. The molecule has 0 spiro atoms. The van der Waals surface area contributed by atoms with Crippen LogP contribution in [0.15, 0.2) is 24.3 Å². The molecular formula is C17H25ClN2O. The topological polar surface area (TPSA) is 46.3 Å². The first-order valence-electron chi connectivity index (χ1n) is 7.77. The van der Waals surface area contributed by atoms with E-state index in [1.807, 2.05) is 43.1 Å². The van der Waals surface area contributed by atoms with Crippen LogP contribution in [0.25, 0.3) is 0 Å². The van der Waals surface area contributed by atoms with Crippen molar-refractivity contribution >= 4 is 17.5 Å². The summed E-state index contributed by atoms with van der Waals surface area (Å²) in [4.78, 5) is 14.7. The third-order valence-electron chi connectivity index (χ3n) is 4.81. The molecule has 0 aromatic heterocycles. The molecule has 0 heterocycles. The second-order valence-corrected chi connectivity index (χ2v) is 6.44. The first-order valence-corrected chi connectivity index (χ1v) is 8.15. The van der Waals surface area contributed by atoms with Crippen LogP contribution >= 0.6 is 11.6 Å². The van der Waals surface area contributed by atoms with Crippen LogP contribution in [0.4, 0.5) is 0 Å². The van der Waals surface area contributed by atoms with E-state index in [1.165, 1.54) is 6.42 Å². The van der Waals surface area contributed by atoms with E-state index >= 15 is 0 Å². The van der Waals surface area contributed by atoms with Gasteiger partial charge in [-0.2, -0.15) is 0 Å². The van der Waals surface area contributed by atoms with E-state index in [9.17, 15) is 4.79 Å². The number of halogens is 1. The fourth-order valence-electron chi connectivity index (χ4n) is 3.29. The number of amides is 1. The van der Waals surface area contributed by atoms with Gasteiger partial charge in [0.2, 0.25) is 5.91 Å². The van der Waals surface area contributed by atoms with Gasteiger partial charge >= 0.3 is 0 Å². The summed E-state index contributed by atoms with van der Waals surface area (Å²) >= 11 is 6.25. The van der Waals surface area contributed by atoms with Gasteiger partial charge in [0, 0.05) is 18.0 Å². The lowest BCUT2D eigenvalue weighted by atomic mass is 9.78. The minimum atomic E-state index is -0.0217. The van der Waals surface area contributed by atoms with E-state index in [0.717, 1.165) is 24.8 Å². The van der Waals surface area contributed by atoms with Gasteiger partial charge in [0.05, 0.1) is 6.04 Å². The van der Waals surface area contributed by atoms with E-state index in [-0.39, 0.29) is 17.9 Å². The van der Waals surface area contributed by atoms with Crippen molar-refractivity contribution in [2.24, 2.45) is 17.6 Å². The Balaban J connectivity index is 2.13. The van der Waals surface area contributed by atoms with Crippen LogP contribution < -0.4 is 5.73 Å². The molecule has 1 aliphatic rings. The highest BCUT2D eigenvalue weighted by atomic mass is 35.5. The van der Waals surface area contributed by atoms with Crippen molar-refractivity contribution in [2.75, 3.05) is 13.6 Å². The van der Waals surface area contributed by atoms with E-state index in [0.29, 0.717) is 17.5 Å². The molecule has 1 aliphatic carbocycles. The van der Waals surface area contributed by atoms with Crippen LogP contribution in [-0.4, -0.2) is 24.4 Å². The smallest absolute Gasteiger partial charge is 0.226 e. The molecule has 3 atom stereocenters. The number of rotatable bonds is 4. The summed E-state index contributed by atoms with van der Waals surface area (Å²) in [7, 11) is 1.87. The molecule has 4 heteroatoms. The van der Waals surface area contributed by atoms with Gasteiger partial charge in [0.15, 0.2) is 0 Å². The van der Waals surface area contributed by atoms with E-state index in [1.54, 1.807) is 0 Å². The first-order chi connectivity index (χ1) is 10.1. The Morgan fingerprint density at radius 2 is 2.05 bits per heavy atom. The Kier molecular flexibility index (Phi) is 5.65. The highest BCUT2D eigenvalue weighted by Gasteiger charge is 2.33. The van der Waals surface area contributed by atoms with Crippen molar-refractivity contribution < 1.29 is 4.79 Å². The van der Waals surface area contributed by atoms with Crippen molar-refractivity contribution in [1.29, 1.82) is 0 Å². The number of nitrogens with two attached hydrogens (primary N) is 1. The van der Waals surface area contributed by atoms with E-state index in [2.05, 4.69) is 0 Å². The summed E-state index contributed by atoms with van der Waals surface area (Å²) in [6.07, 6.45) is 4.35. The maximum atomic E-state index is 12.8. The van der Waals surface area contributed by atoms with Crippen molar-refractivity contribution in [3.63, 3.8) is 0 Å². The highest BCUT2D eigenvalue weighted by molar-refractivity contribution is 6.31. The normalized spacial score (nSPS) is 23.6. The molecule has 1 aromatic carbocycles. The van der Waals surface area contributed by atoms with Gasteiger partial charge in [-0.05, 0) is 43.9 Å². The predicted molar refractivity (Wildman–Crippen MR) is 87.1 cm³/mol. The number of hydrogen-bond acceptors (Lipinski definition) is 2. The van der Waals surface area contributed by atoms with Gasteiger partial charge in [-0.25, -0.2) is 0 Å². The van der Waals surface area contributed by atoms with E-state index < -0.39 is 0 Å². The van der Waals surface area contributed by atoms with Gasteiger partial charge in [0.25, 0.3) is 0 Å². The lowest BCUT2D eigenvalue weighted by Gasteiger charge is -2.35. The molecule has 1 aromatic rings. The van der Waals surface area contributed by atoms with Crippen molar-refractivity contribution in [2.45, 2.75) is 38.6 Å². The molecule has 2 N–H and O–H groups in total. The van der Waals surface area contributed by atoms with Crippen LogP contribution in [0.3, 0.4) is 0 Å². The van der Waals surface area contributed by atoms with E-state index in [4.69, 9.17) is 17.3 Å². The lowest BCUT2D eigenvalue weighted by molar-refractivity contribution is -0.139. The molecule has 1 saturated carbocycles. The van der Waals surface area contributed by atoms with Crippen LogP contribution in [-0.2, 0) is 4.79 Å². The monoisotopic (exact) mass is 308 g/mol.